The van der Waals surface area contributed by atoms with Crippen molar-refractivity contribution < 1.29 is 9.53 Å². The highest BCUT2D eigenvalue weighted by Crippen LogP contribution is 2.20. The fourth-order valence-corrected chi connectivity index (χ4v) is 3.25. The fourth-order valence-electron chi connectivity index (χ4n) is 3.25. The van der Waals surface area contributed by atoms with Gasteiger partial charge in [-0.25, -0.2) is 9.78 Å². The highest BCUT2D eigenvalue weighted by Gasteiger charge is 2.24. The van der Waals surface area contributed by atoms with Gasteiger partial charge in [-0.15, -0.1) is 0 Å². The number of benzene rings is 1. The lowest BCUT2D eigenvalue weighted by atomic mass is 10.1. The molecule has 7 heteroatoms. The van der Waals surface area contributed by atoms with Crippen LogP contribution in [0.25, 0.3) is 0 Å². The molecule has 1 aromatic carbocycles. The average Bonchev–Trinajstić information content (AvgIpc) is 2.68. The molecule has 1 aromatic heterocycles. The Balaban J connectivity index is 1.74. The van der Waals surface area contributed by atoms with Crippen molar-refractivity contribution in [2.45, 2.75) is 39.2 Å². The predicted octanol–water partition coefficient (Wildman–Crippen LogP) is 2.24. The van der Waals surface area contributed by atoms with E-state index in [1.165, 1.54) is 0 Å². The molecule has 1 aliphatic heterocycles. The number of nitrogens with zero attached hydrogens (tertiary/aromatic N) is 2. The van der Waals surface area contributed by atoms with Gasteiger partial charge >= 0.3 is 6.03 Å². The van der Waals surface area contributed by atoms with Crippen LogP contribution < -0.4 is 15.6 Å². The number of carbonyl (C=O) groups is 1. The second-order valence-corrected chi connectivity index (χ2v) is 6.68. The third-order valence-electron chi connectivity index (χ3n) is 4.76. The molecule has 2 heterocycles. The number of nitrogens with one attached hydrogen (secondary N) is 2. The Morgan fingerprint density at radius 3 is 2.96 bits per heavy atom. The molecule has 0 aliphatic carbocycles. The zero-order valence-electron chi connectivity index (χ0n) is 15.9. The first-order chi connectivity index (χ1) is 13.1. The molecule has 0 radical (unpaired) electrons. The molecule has 0 atom stereocenters. The van der Waals surface area contributed by atoms with Crippen LogP contribution in [0.5, 0.6) is 5.75 Å². The Hall–Kier alpha value is -2.83. The van der Waals surface area contributed by atoms with E-state index < -0.39 is 0 Å². The van der Waals surface area contributed by atoms with Crippen molar-refractivity contribution in [3.8, 4) is 5.75 Å². The third kappa shape index (κ3) is 4.48. The number of amides is 2. The molecule has 3 rings (SSSR count). The fraction of sp³-hybridized carbons (Fsp3) is 0.450. The Labute approximate surface area is 158 Å². The number of para-hydroxylation sites is 1. The van der Waals surface area contributed by atoms with Crippen molar-refractivity contribution in [2.75, 3.05) is 20.2 Å². The van der Waals surface area contributed by atoms with Crippen molar-refractivity contribution in [3.63, 3.8) is 0 Å². The van der Waals surface area contributed by atoms with Crippen molar-refractivity contribution in [2.24, 2.45) is 0 Å². The number of urea groups is 1. The summed E-state index contributed by atoms with van der Waals surface area (Å²) < 4.78 is 5.37. The number of fused-ring (bicyclic) bond motifs is 1. The van der Waals surface area contributed by atoms with Crippen LogP contribution >= 0.6 is 0 Å². The van der Waals surface area contributed by atoms with Crippen molar-refractivity contribution >= 4 is 6.03 Å². The molecule has 1 aliphatic rings. The number of carbonyl (C=O) groups excluding carboxylic acids is 1. The maximum absolute atomic E-state index is 12.6. The number of hydrogen-bond acceptors (Lipinski definition) is 4. The van der Waals surface area contributed by atoms with Gasteiger partial charge in [-0.1, -0.05) is 31.5 Å². The molecule has 144 valence electrons. The summed E-state index contributed by atoms with van der Waals surface area (Å²) in [4.78, 5) is 34.0. The van der Waals surface area contributed by atoms with E-state index in [2.05, 4.69) is 22.2 Å². The topological polar surface area (TPSA) is 87.3 Å². The monoisotopic (exact) mass is 370 g/mol. The second-order valence-electron chi connectivity index (χ2n) is 6.68. The van der Waals surface area contributed by atoms with Gasteiger partial charge in [0.15, 0.2) is 0 Å². The van der Waals surface area contributed by atoms with E-state index in [1.807, 2.05) is 24.3 Å². The molecule has 0 bridgehead atoms. The summed E-state index contributed by atoms with van der Waals surface area (Å²) in [5.74, 6) is 1.39. The molecule has 2 N–H and O–H groups in total. The van der Waals surface area contributed by atoms with Crippen molar-refractivity contribution in [1.82, 2.24) is 20.2 Å². The number of ether oxygens (including phenoxy) is 1. The number of aromatic amines is 1. The predicted molar refractivity (Wildman–Crippen MR) is 103 cm³/mol. The number of methoxy groups -OCH3 is 1. The van der Waals surface area contributed by atoms with Gasteiger partial charge in [0.2, 0.25) is 0 Å². The van der Waals surface area contributed by atoms with Crippen LogP contribution in [0, 0.1) is 0 Å². The third-order valence-corrected chi connectivity index (χ3v) is 4.76. The van der Waals surface area contributed by atoms with Gasteiger partial charge in [0, 0.05) is 31.5 Å². The molecule has 2 amide bonds. The van der Waals surface area contributed by atoms with Crippen LogP contribution in [0.3, 0.4) is 0 Å². The first kappa shape index (κ1) is 18.9. The van der Waals surface area contributed by atoms with E-state index in [1.54, 1.807) is 12.0 Å². The molecule has 0 saturated carbocycles. The largest absolute Gasteiger partial charge is 0.496 e. The summed E-state index contributed by atoms with van der Waals surface area (Å²) >= 11 is 0. The summed E-state index contributed by atoms with van der Waals surface area (Å²) in [5, 5.41) is 2.90. The first-order valence-electron chi connectivity index (χ1n) is 9.38. The number of unbranched alkanes of at least 4 members (excludes halogenated alkanes) is 1. The van der Waals surface area contributed by atoms with Crippen molar-refractivity contribution in [3.05, 3.63) is 57.3 Å². The highest BCUT2D eigenvalue weighted by molar-refractivity contribution is 5.74. The summed E-state index contributed by atoms with van der Waals surface area (Å²) in [5.41, 5.74) is 2.16. The Morgan fingerprint density at radius 2 is 2.19 bits per heavy atom. The zero-order chi connectivity index (χ0) is 19.2. The number of aromatic nitrogens is 2. The highest BCUT2D eigenvalue weighted by atomic mass is 16.5. The van der Waals surface area contributed by atoms with Crippen LogP contribution in [0.15, 0.2) is 29.1 Å². The van der Waals surface area contributed by atoms with Gasteiger partial charge in [-0.2, -0.15) is 0 Å². The summed E-state index contributed by atoms with van der Waals surface area (Å²) in [6.07, 6.45) is 3.05. The smallest absolute Gasteiger partial charge is 0.317 e. The van der Waals surface area contributed by atoms with Gasteiger partial charge in [0.05, 0.1) is 24.9 Å². The van der Waals surface area contributed by atoms with Crippen LogP contribution in [-0.4, -0.2) is 41.1 Å². The van der Waals surface area contributed by atoms with Crippen LogP contribution in [0.2, 0.25) is 0 Å². The molecule has 7 nitrogen and oxygen atoms in total. The minimum atomic E-state index is -0.170. The molecular weight excluding hydrogens is 344 g/mol. The van der Waals surface area contributed by atoms with Gasteiger partial charge < -0.3 is 19.9 Å². The molecule has 0 fully saturated rings. The Kier molecular flexibility index (Phi) is 6.11. The van der Waals surface area contributed by atoms with E-state index in [9.17, 15) is 9.59 Å². The zero-order valence-corrected chi connectivity index (χ0v) is 15.9. The quantitative estimate of drug-likeness (QED) is 0.764. The lowest BCUT2D eigenvalue weighted by Crippen LogP contribution is -2.45. The van der Waals surface area contributed by atoms with E-state index in [4.69, 9.17) is 4.74 Å². The van der Waals surface area contributed by atoms with Gasteiger partial charge in [-0.3, -0.25) is 4.79 Å². The maximum atomic E-state index is 12.6. The minimum absolute atomic E-state index is 0.119. The maximum Gasteiger partial charge on any atom is 0.317 e. The molecule has 2 aromatic rings. The van der Waals surface area contributed by atoms with E-state index >= 15 is 0 Å². The molecule has 0 saturated heterocycles. The average molecular weight is 370 g/mol. The van der Waals surface area contributed by atoms with E-state index in [0.29, 0.717) is 43.9 Å². The minimum Gasteiger partial charge on any atom is -0.496 e. The lowest BCUT2D eigenvalue weighted by Gasteiger charge is -2.28. The van der Waals surface area contributed by atoms with Gasteiger partial charge in [-0.05, 0) is 12.5 Å². The van der Waals surface area contributed by atoms with Gasteiger partial charge in [0.1, 0.15) is 11.6 Å². The van der Waals surface area contributed by atoms with Gasteiger partial charge in [0.25, 0.3) is 5.56 Å². The molecule has 27 heavy (non-hydrogen) atoms. The van der Waals surface area contributed by atoms with Crippen molar-refractivity contribution in [1.29, 1.82) is 0 Å². The van der Waals surface area contributed by atoms with E-state index in [0.717, 1.165) is 29.8 Å². The normalized spacial score (nSPS) is 13.2. The number of hydrogen-bond donors (Lipinski definition) is 2. The van der Waals surface area contributed by atoms with Crippen LogP contribution in [0.1, 0.15) is 42.4 Å². The Morgan fingerprint density at radius 1 is 1.37 bits per heavy atom. The standard InChI is InChI=1S/C20H26N4O3/c1-3-4-10-21-20(26)24-11-9-16-15(13-24)19(25)23-18(22-16)12-14-7-5-6-8-17(14)27-2/h5-8H,3-4,9-13H2,1-2H3,(H,21,26)(H,22,23,25). The van der Waals surface area contributed by atoms with Crippen LogP contribution in [-0.2, 0) is 19.4 Å². The molecule has 0 spiro atoms. The first-order valence-corrected chi connectivity index (χ1v) is 9.38. The summed E-state index contributed by atoms with van der Waals surface area (Å²) in [6, 6.07) is 7.57. The summed E-state index contributed by atoms with van der Waals surface area (Å²) in [6.45, 7) is 3.60. The second kappa shape index (κ2) is 8.70. The molecular formula is C20H26N4O3. The lowest BCUT2D eigenvalue weighted by molar-refractivity contribution is 0.191. The molecule has 0 unspecified atom stereocenters. The number of H-pyrrole nitrogens is 1. The summed E-state index contributed by atoms with van der Waals surface area (Å²) in [7, 11) is 1.63. The van der Waals surface area contributed by atoms with Crippen LogP contribution in [0.4, 0.5) is 4.79 Å². The SMILES string of the molecule is CCCCNC(=O)N1CCc2nc(Cc3ccccc3OC)[nH]c(=O)c2C1. The van der Waals surface area contributed by atoms with E-state index in [-0.39, 0.29) is 11.6 Å². The number of rotatable bonds is 6. The Bertz CT molecular complexity index is 863.